The van der Waals surface area contributed by atoms with Gasteiger partial charge in [-0.15, -0.1) is 0 Å². The number of nitrogens with zero attached hydrogens (tertiary/aromatic N) is 1. The number of fused-ring (bicyclic) bond motifs is 2. The van der Waals surface area contributed by atoms with Gasteiger partial charge in [0.1, 0.15) is 5.82 Å². The molecular weight excluding hydrogens is 325 g/mol. The molecular formula is C20H19ClFNO. The molecule has 2 aliphatic rings. The number of benzene rings is 2. The van der Waals surface area contributed by atoms with Gasteiger partial charge in [0.05, 0.1) is 0 Å². The highest BCUT2D eigenvalue weighted by Gasteiger charge is 2.43. The van der Waals surface area contributed by atoms with Gasteiger partial charge in [-0.3, -0.25) is 4.79 Å². The quantitative estimate of drug-likeness (QED) is 0.749. The van der Waals surface area contributed by atoms with Gasteiger partial charge in [-0.25, -0.2) is 4.39 Å². The Morgan fingerprint density at radius 3 is 2.12 bits per heavy atom. The van der Waals surface area contributed by atoms with E-state index in [9.17, 15) is 9.18 Å². The number of hydrogen-bond donors (Lipinski definition) is 0. The zero-order valence-electron chi connectivity index (χ0n) is 13.3. The fraction of sp³-hybridized carbons (Fsp3) is 0.350. The summed E-state index contributed by atoms with van der Waals surface area (Å²) in [6, 6.07) is 14.5. The van der Waals surface area contributed by atoms with Crippen LogP contribution >= 0.6 is 11.6 Å². The molecule has 0 aromatic heterocycles. The summed E-state index contributed by atoms with van der Waals surface area (Å²) in [7, 11) is 0. The topological polar surface area (TPSA) is 20.3 Å². The van der Waals surface area contributed by atoms with E-state index in [0.29, 0.717) is 16.5 Å². The summed E-state index contributed by atoms with van der Waals surface area (Å²) in [6.07, 6.45) is 4.03. The maximum atomic E-state index is 13.1. The molecule has 2 bridgehead atoms. The fourth-order valence-corrected chi connectivity index (χ4v) is 4.38. The molecule has 0 spiro atoms. The van der Waals surface area contributed by atoms with Crippen LogP contribution in [0, 0.1) is 5.82 Å². The van der Waals surface area contributed by atoms with Gasteiger partial charge >= 0.3 is 0 Å². The largest absolute Gasteiger partial charge is 0.333 e. The maximum absolute atomic E-state index is 13.1. The van der Waals surface area contributed by atoms with Crippen molar-refractivity contribution in [2.75, 3.05) is 0 Å². The van der Waals surface area contributed by atoms with Gasteiger partial charge in [0.25, 0.3) is 5.91 Å². The fourth-order valence-electron chi connectivity index (χ4n) is 4.26. The van der Waals surface area contributed by atoms with Crippen molar-refractivity contribution in [2.45, 2.75) is 43.7 Å². The zero-order valence-corrected chi connectivity index (χ0v) is 14.0. The molecule has 2 saturated heterocycles. The van der Waals surface area contributed by atoms with Gasteiger partial charge in [0.2, 0.25) is 0 Å². The normalized spacial score (nSPS) is 25.8. The molecule has 2 fully saturated rings. The Balaban J connectivity index is 1.53. The molecule has 1 amide bonds. The van der Waals surface area contributed by atoms with Crippen LogP contribution in [0.2, 0.25) is 5.02 Å². The Kier molecular flexibility index (Phi) is 4.05. The monoisotopic (exact) mass is 343 g/mol. The van der Waals surface area contributed by atoms with Crippen LogP contribution in [0.4, 0.5) is 4.39 Å². The van der Waals surface area contributed by atoms with Crippen LogP contribution in [-0.2, 0) is 0 Å². The minimum absolute atomic E-state index is 0.108. The number of amides is 1. The van der Waals surface area contributed by atoms with Crippen molar-refractivity contribution < 1.29 is 9.18 Å². The minimum Gasteiger partial charge on any atom is -0.333 e. The van der Waals surface area contributed by atoms with Crippen molar-refractivity contribution in [3.05, 3.63) is 70.5 Å². The molecule has 2 aromatic rings. The standard InChI is InChI=1S/C20H19ClFNO/c21-16-5-1-14(2-6-16)20(24)23-18-9-10-19(23)12-15(11-18)13-3-7-17(22)8-4-13/h1-8,15,18-19H,9-12H2/t15-,18+,19-. The highest BCUT2D eigenvalue weighted by atomic mass is 35.5. The first-order valence-electron chi connectivity index (χ1n) is 8.45. The molecule has 2 aliphatic heterocycles. The molecule has 124 valence electrons. The van der Waals surface area contributed by atoms with Crippen LogP contribution in [0.15, 0.2) is 48.5 Å². The van der Waals surface area contributed by atoms with Crippen molar-refractivity contribution in [1.82, 2.24) is 4.90 Å². The van der Waals surface area contributed by atoms with Crippen LogP contribution in [0.5, 0.6) is 0 Å². The number of hydrogen-bond acceptors (Lipinski definition) is 1. The first kappa shape index (κ1) is 15.6. The van der Waals surface area contributed by atoms with Gasteiger partial charge < -0.3 is 4.90 Å². The summed E-state index contributed by atoms with van der Waals surface area (Å²) in [5.74, 6) is 0.325. The third kappa shape index (κ3) is 2.82. The van der Waals surface area contributed by atoms with Crippen molar-refractivity contribution in [1.29, 1.82) is 0 Å². The molecule has 0 N–H and O–H groups in total. The van der Waals surface area contributed by atoms with Crippen molar-refractivity contribution >= 4 is 17.5 Å². The number of halogens is 2. The van der Waals surface area contributed by atoms with Gasteiger partial charge in [-0.2, -0.15) is 0 Å². The Labute approximate surface area is 146 Å². The summed E-state index contributed by atoms with van der Waals surface area (Å²) in [5.41, 5.74) is 1.89. The third-order valence-electron chi connectivity index (χ3n) is 5.40. The predicted molar refractivity (Wildman–Crippen MR) is 92.8 cm³/mol. The van der Waals surface area contributed by atoms with Crippen molar-refractivity contribution in [3.8, 4) is 0 Å². The average Bonchev–Trinajstić information content (AvgIpc) is 2.85. The maximum Gasteiger partial charge on any atom is 0.254 e. The van der Waals surface area contributed by atoms with Crippen LogP contribution in [0.1, 0.15) is 47.5 Å². The Morgan fingerprint density at radius 1 is 0.958 bits per heavy atom. The average molecular weight is 344 g/mol. The smallest absolute Gasteiger partial charge is 0.254 e. The van der Waals surface area contributed by atoms with E-state index in [-0.39, 0.29) is 23.8 Å². The molecule has 0 aliphatic carbocycles. The van der Waals surface area contributed by atoms with Crippen molar-refractivity contribution in [2.24, 2.45) is 0 Å². The highest BCUT2D eigenvalue weighted by Crippen LogP contribution is 2.43. The number of carbonyl (C=O) groups is 1. The van der Waals surface area contributed by atoms with E-state index in [0.717, 1.165) is 25.7 Å². The van der Waals surface area contributed by atoms with Crippen LogP contribution < -0.4 is 0 Å². The minimum atomic E-state index is -0.197. The number of piperidine rings is 1. The lowest BCUT2D eigenvalue weighted by Gasteiger charge is -2.39. The summed E-state index contributed by atoms with van der Waals surface area (Å²) < 4.78 is 13.1. The molecule has 2 nitrogen and oxygen atoms in total. The van der Waals surface area contributed by atoms with Crippen LogP contribution in [0.25, 0.3) is 0 Å². The molecule has 0 unspecified atom stereocenters. The van der Waals surface area contributed by atoms with Crippen LogP contribution in [-0.4, -0.2) is 22.9 Å². The van der Waals surface area contributed by atoms with E-state index >= 15 is 0 Å². The van der Waals surface area contributed by atoms with Gasteiger partial charge in [0.15, 0.2) is 0 Å². The summed E-state index contributed by atoms with van der Waals surface area (Å²) in [6.45, 7) is 0. The predicted octanol–water partition coefficient (Wildman–Crippen LogP) is 5.03. The number of carbonyl (C=O) groups excluding carboxylic acids is 1. The van der Waals surface area contributed by atoms with Gasteiger partial charge in [0, 0.05) is 22.7 Å². The summed E-state index contributed by atoms with van der Waals surface area (Å²) >= 11 is 5.92. The third-order valence-corrected chi connectivity index (χ3v) is 5.65. The summed E-state index contributed by atoms with van der Waals surface area (Å²) in [5, 5.41) is 0.643. The van der Waals surface area contributed by atoms with E-state index < -0.39 is 0 Å². The molecule has 2 aromatic carbocycles. The second-order valence-electron chi connectivity index (χ2n) is 6.82. The summed E-state index contributed by atoms with van der Waals surface area (Å²) in [4.78, 5) is 15.0. The zero-order chi connectivity index (χ0) is 16.7. The van der Waals surface area contributed by atoms with E-state index in [2.05, 4.69) is 4.90 Å². The molecule has 4 heteroatoms. The Bertz CT molecular complexity index is 729. The van der Waals surface area contributed by atoms with Crippen LogP contribution in [0.3, 0.4) is 0 Å². The van der Waals surface area contributed by atoms with E-state index in [4.69, 9.17) is 11.6 Å². The van der Waals surface area contributed by atoms with Crippen molar-refractivity contribution in [3.63, 3.8) is 0 Å². The molecule has 24 heavy (non-hydrogen) atoms. The van der Waals surface area contributed by atoms with Gasteiger partial charge in [-0.1, -0.05) is 23.7 Å². The lowest BCUT2D eigenvalue weighted by molar-refractivity contribution is 0.0571. The molecule has 0 radical (unpaired) electrons. The lowest BCUT2D eigenvalue weighted by atomic mass is 9.85. The molecule has 4 rings (SSSR count). The number of rotatable bonds is 2. The lowest BCUT2D eigenvalue weighted by Crippen LogP contribution is -2.46. The second-order valence-corrected chi connectivity index (χ2v) is 7.26. The molecule has 3 atom stereocenters. The first-order chi connectivity index (χ1) is 11.6. The Hall–Kier alpha value is -1.87. The SMILES string of the molecule is O=C(c1ccc(Cl)cc1)N1[C@@H]2CC[C@H]1C[C@@H](c1ccc(F)cc1)C2. The highest BCUT2D eigenvalue weighted by molar-refractivity contribution is 6.30. The van der Waals surface area contributed by atoms with E-state index in [1.54, 1.807) is 24.3 Å². The first-order valence-corrected chi connectivity index (χ1v) is 8.83. The second kappa shape index (κ2) is 6.21. The van der Waals surface area contributed by atoms with E-state index in [1.807, 2.05) is 12.1 Å². The molecule has 2 heterocycles. The van der Waals surface area contributed by atoms with E-state index in [1.165, 1.54) is 17.7 Å². The molecule has 0 saturated carbocycles. The Morgan fingerprint density at radius 2 is 1.54 bits per heavy atom. The van der Waals surface area contributed by atoms with Gasteiger partial charge in [-0.05, 0) is 73.6 Å².